The van der Waals surface area contributed by atoms with E-state index in [1.165, 1.54) is 0 Å². The quantitative estimate of drug-likeness (QED) is 0.358. The normalized spacial score (nSPS) is 14.5. The van der Waals surface area contributed by atoms with Crippen LogP contribution < -0.4 is 21.3 Å². The van der Waals surface area contributed by atoms with Crippen molar-refractivity contribution >= 4 is 40.5 Å². The maximum atomic E-state index is 14.7. The standard InChI is InChI=1S/C24H28ClFN8/c1-14(2)22(28-3)17-6-5-16(20(25)21(17)27)23-18(26)13-31-24(33-23)32-19-7-4-15(12-30-19)34-10-8-29-9-11-34/h4-7,12-14,29H,8-11,27H2,1-3H3,(H,30,31,32,33). The molecule has 0 bridgehead atoms. The summed E-state index contributed by atoms with van der Waals surface area (Å²) in [6.45, 7) is 7.81. The van der Waals surface area contributed by atoms with Gasteiger partial charge in [0.05, 0.1) is 28.8 Å². The number of aromatic nitrogens is 3. The molecule has 10 heteroatoms. The molecule has 0 atom stereocenters. The van der Waals surface area contributed by atoms with Crippen molar-refractivity contribution < 1.29 is 4.39 Å². The van der Waals surface area contributed by atoms with E-state index in [0.717, 1.165) is 49.3 Å². The van der Waals surface area contributed by atoms with Crippen LogP contribution in [0.4, 0.5) is 27.5 Å². The minimum Gasteiger partial charge on any atom is -0.397 e. The van der Waals surface area contributed by atoms with Gasteiger partial charge in [-0.25, -0.2) is 19.3 Å². The van der Waals surface area contributed by atoms with Gasteiger partial charge in [-0.3, -0.25) is 4.99 Å². The third-order valence-electron chi connectivity index (χ3n) is 5.71. The van der Waals surface area contributed by atoms with Crippen LogP contribution in [0.3, 0.4) is 0 Å². The van der Waals surface area contributed by atoms with Crippen molar-refractivity contribution in [1.29, 1.82) is 0 Å². The molecular weight excluding hydrogens is 455 g/mol. The summed E-state index contributed by atoms with van der Waals surface area (Å²) in [5.74, 6) is 0.315. The number of nitrogens with one attached hydrogen (secondary N) is 2. The Labute approximate surface area is 203 Å². The molecule has 3 aromatic rings. The first-order valence-electron chi connectivity index (χ1n) is 11.2. The van der Waals surface area contributed by atoms with E-state index in [0.29, 0.717) is 17.1 Å². The second-order valence-corrected chi connectivity index (χ2v) is 8.68. The lowest BCUT2D eigenvalue weighted by molar-refractivity contribution is 0.589. The Bertz CT molecular complexity index is 1190. The van der Waals surface area contributed by atoms with Crippen LogP contribution in [0.1, 0.15) is 19.4 Å². The zero-order valence-electron chi connectivity index (χ0n) is 19.4. The summed E-state index contributed by atoms with van der Waals surface area (Å²) in [6.07, 6.45) is 2.91. The van der Waals surface area contributed by atoms with E-state index in [2.05, 4.69) is 35.5 Å². The first-order valence-corrected chi connectivity index (χ1v) is 11.5. The van der Waals surface area contributed by atoms with Gasteiger partial charge in [0, 0.05) is 50.1 Å². The molecule has 1 fully saturated rings. The van der Waals surface area contributed by atoms with Gasteiger partial charge >= 0.3 is 0 Å². The molecule has 0 saturated carbocycles. The molecule has 1 saturated heterocycles. The summed E-state index contributed by atoms with van der Waals surface area (Å²) in [7, 11) is 1.71. The number of nitrogens with zero attached hydrogens (tertiary/aromatic N) is 5. The van der Waals surface area contributed by atoms with E-state index >= 15 is 0 Å². The van der Waals surface area contributed by atoms with Crippen molar-refractivity contribution in [3.8, 4) is 11.3 Å². The molecule has 178 valence electrons. The number of halogens is 2. The minimum atomic E-state index is -0.602. The van der Waals surface area contributed by atoms with Crippen molar-refractivity contribution in [1.82, 2.24) is 20.3 Å². The lowest BCUT2D eigenvalue weighted by atomic mass is 9.96. The highest BCUT2D eigenvalue weighted by Gasteiger charge is 2.20. The molecule has 2 aromatic heterocycles. The van der Waals surface area contributed by atoms with Crippen molar-refractivity contribution in [2.45, 2.75) is 13.8 Å². The summed E-state index contributed by atoms with van der Waals surface area (Å²) in [6, 6.07) is 7.34. The van der Waals surface area contributed by atoms with Gasteiger partial charge in [-0.2, -0.15) is 0 Å². The number of nitrogen functional groups attached to an aromatic ring is 1. The summed E-state index contributed by atoms with van der Waals surface area (Å²) in [5, 5.41) is 6.59. The molecule has 8 nitrogen and oxygen atoms in total. The number of anilines is 4. The Balaban J connectivity index is 1.60. The second-order valence-electron chi connectivity index (χ2n) is 8.31. The fourth-order valence-electron chi connectivity index (χ4n) is 3.99. The molecule has 4 rings (SSSR count). The molecule has 3 heterocycles. The van der Waals surface area contributed by atoms with E-state index in [4.69, 9.17) is 17.3 Å². The number of hydrogen-bond acceptors (Lipinski definition) is 8. The number of piperazine rings is 1. The number of aliphatic imine (C=N–C) groups is 1. The Morgan fingerprint density at radius 2 is 1.94 bits per heavy atom. The third-order valence-corrected chi connectivity index (χ3v) is 6.12. The van der Waals surface area contributed by atoms with Crippen molar-refractivity contribution in [2.75, 3.05) is 49.2 Å². The Kier molecular flexibility index (Phi) is 7.23. The highest BCUT2D eigenvalue weighted by molar-refractivity contribution is 6.36. The molecule has 34 heavy (non-hydrogen) atoms. The SMILES string of the molecule is CN=C(c1ccc(-c2nc(Nc3ccc(N4CCNCC4)cn3)ncc2F)c(Cl)c1N)C(C)C. The van der Waals surface area contributed by atoms with Crippen LogP contribution in [-0.4, -0.2) is 53.9 Å². The van der Waals surface area contributed by atoms with Gasteiger partial charge < -0.3 is 21.3 Å². The summed E-state index contributed by atoms with van der Waals surface area (Å²) >= 11 is 6.57. The number of benzene rings is 1. The maximum absolute atomic E-state index is 14.7. The van der Waals surface area contributed by atoms with Crippen LogP contribution in [0.2, 0.25) is 5.02 Å². The topological polar surface area (TPSA) is 104 Å². The first kappa shape index (κ1) is 23.8. The largest absolute Gasteiger partial charge is 0.397 e. The molecule has 0 spiro atoms. The van der Waals surface area contributed by atoms with Gasteiger partial charge in [-0.15, -0.1) is 0 Å². The Morgan fingerprint density at radius 3 is 2.59 bits per heavy atom. The molecular formula is C24H28ClFN8. The second kappa shape index (κ2) is 10.3. The summed E-state index contributed by atoms with van der Waals surface area (Å²) in [5.41, 5.74) is 9.69. The van der Waals surface area contributed by atoms with Gasteiger partial charge in [0.15, 0.2) is 5.82 Å². The number of hydrogen-bond donors (Lipinski definition) is 3. The average Bonchev–Trinajstić information content (AvgIpc) is 2.84. The van der Waals surface area contributed by atoms with Crippen molar-refractivity contribution in [3.05, 3.63) is 53.1 Å². The van der Waals surface area contributed by atoms with Gasteiger partial charge in [0.1, 0.15) is 11.5 Å². The zero-order chi connectivity index (χ0) is 24.2. The molecule has 0 aliphatic carbocycles. The highest BCUT2D eigenvalue weighted by atomic mass is 35.5. The van der Waals surface area contributed by atoms with Crippen LogP contribution in [0.15, 0.2) is 41.7 Å². The smallest absolute Gasteiger partial charge is 0.229 e. The molecule has 1 aliphatic rings. The van der Waals surface area contributed by atoms with Gasteiger partial charge in [0.2, 0.25) is 5.95 Å². The average molecular weight is 483 g/mol. The predicted molar refractivity (Wildman–Crippen MR) is 137 cm³/mol. The van der Waals surface area contributed by atoms with Crippen LogP contribution in [-0.2, 0) is 0 Å². The first-order chi connectivity index (χ1) is 16.4. The van der Waals surface area contributed by atoms with Gasteiger partial charge in [-0.1, -0.05) is 37.6 Å². The number of rotatable bonds is 6. The van der Waals surface area contributed by atoms with Crippen molar-refractivity contribution in [2.24, 2.45) is 10.9 Å². The summed E-state index contributed by atoms with van der Waals surface area (Å²) < 4.78 is 14.7. The summed E-state index contributed by atoms with van der Waals surface area (Å²) in [4.78, 5) is 19.5. The van der Waals surface area contributed by atoms with Crippen LogP contribution in [0.5, 0.6) is 0 Å². The monoisotopic (exact) mass is 482 g/mol. The van der Waals surface area contributed by atoms with Gasteiger partial charge in [-0.05, 0) is 18.1 Å². The fourth-order valence-corrected chi connectivity index (χ4v) is 4.24. The molecule has 4 N–H and O–H groups in total. The Hall–Kier alpha value is -3.30. The van der Waals surface area contributed by atoms with E-state index < -0.39 is 5.82 Å². The zero-order valence-corrected chi connectivity index (χ0v) is 20.2. The number of pyridine rings is 1. The van der Waals surface area contributed by atoms with E-state index in [1.54, 1.807) is 25.4 Å². The third kappa shape index (κ3) is 4.95. The molecule has 0 unspecified atom stereocenters. The lowest BCUT2D eigenvalue weighted by Crippen LogP contribution is -2.43. The maximum Gasteiger partial charge on any atom is 0.229 e. The van der Waals surface area contributed by atoms with Crippen LogP contribution in [0, 0.1) is 11.7 Å². The molecule has 1 aromatic carbocycles. The Morgan fingerprint density at radius 1 is 1.18 bits per heavy atom. The lowest BCUT2D eigenvalue weighted by Gasteiger charge is -2.29. The van der Waals surface area contributed by atoms with Crippen LogP contribution in [0.25, 0.3) is 11.3 Å². The predicted octanol–water partition coefficient (Wildman–Crippen LogP) is 4.14. The minimum absolute atomic E-state index is 0.0534. The fraction of sp³-hybridized carbons (Fsp3) is 0.333. The molecule has 0 radical (unpaired) electrons. The van der Waals surface area contributed by atoms with Crippen molar-refractivity contribution in [3.63, 3.8) is 0 Å². The van der Waals surface area contributed by atoms with Crippen LogP contribution >= 0.6 is 11.6 Å². The van der Waals surface area contributed by atoms with Gasteiger partial charge in [0.25, 0.3) is 0 Å². The highest BCUT2D eigenvalue weighted by Crippen LogP contribution is 2.36. The number of nitrogens with two attached hydrogens (primary N) is 1. The van der Waals surface area contributed by atoms with E-state index in [9.17, 15) is 4.39 Å². The molecule has 0 amide bonds. The van der Waals surface area contributed by atoms with E-state index in [1.807, 2.05) is 26.0 Å². The molecule has 1 aliphatic heterocycles. The van der Waals surface area contributed by atoms with E-state index in [-0.39, 0.29) is 22.6 Å².